The Labute approximate surface area is 165 Å². The molecule has 0 atom stereocenters. The van der Waals surface area contributed by atoms with Crippen LogP contribution in [0.2, 0.25) is 0 Å². The normalized spacial score (nSPS) is 15.9. The summed E-state index contributed by atoms with van der Waals surface area (Å²) in [6.07, 6.45) is 1.71. The fourth-order valence-electron chi connectivity index (χ4n) is 3.06. The van der Waals surface area contributed by atoms with Gasteiger partial charge in [-0.05, 0) is 74.2 Å². The number of Topliss-reactive ketones (excluding diaryl/α,β-unsaturated/α-hetero) is 1. The lowest BCUT2D eigenvalue weighted by Gasteiger charge is -2.29. The molecule has 3 rings (SSSR count). The molecule has 28 heavy (non-hydrogen) atoms. The lowest BCUT2D eigenvalue weighted by atomic mass is 10.0. The van der Waals surface area contributed by atoms with Crippen molar-refractivity contribution >= 4 is 21.8 Å². The second kappa shape index (κ2) is 8.24. The first-order chi connectivity index (χ1) is 13.3. The number of rotatable bonds is 5. The molecule has 0 bridgehead atoms. The van der Waals surface area contributed by atoms with Gasteiger partial charge in [0.2, 0.25) is 10.0 Å². The van der Waals surface area contributed by atoms with E-state index in [-0.39, 0.29) is 16.2 Å². The molecule has 2 aromatic carbocycles. The Morgan fingerprint density at radius 3 is 2.00 bits per heavy atom. The number of benzene rings is 2. The van der Waals surface area contributed by atoms with Gasteiger partial charge in [-0.3, -0.25) is 4.79 Å². The van der Waals surface area contributed by atoms with Crippen LogP contribution in [-0.4, -0.2) is 37.6 Å². The Bertz CT molecular complexity index is 957. The van der Waals surface area contributed by atoms with Crippen molar-refractivity contribution in [3.63, 3.8) is 0 Å². The van der Waals surface area contributed by atoms with Gasteiger partial charge in [0.05, 0.1) is 10.5 Å². The maximum Gasteiger partial charge on any atom is 0.343 e. The Morgan fingerprint density at radius 1 is 0.929 bits per heavy atom. The van der Waals surface area contributed by atoms with Crippen LogP contribution in [0.4, 0.5) is 0 Å². The third-order valence-corrected chi connectivity index (χ3v) is 6.85. The minimum atomic E-state index is -3.55. The monoisotopic (exact) mass is 401 g/mol. The predicted octanol–water partition coefficient (Wildman–Crippen LogP) is 3.53. The lowest BCUT2D eigenvalue weighted by molar-refractivity contribution is 0.0734. The van der Waals surface area contributed by atoms with Gasteiger partial charge >= 0.3 is 5.97 Å². The minimum absolute atomic E-state index is 0.0714. The first kappa shape index (κ1) is 20.2. The molecule has 1 aliphatic rings. The van der Waals surface area contributed by atoms with Crippen LogP contribution in [0.25, 0.3) is 0 Å². The van der Waals surface area contributed by atoms with Gasteiger partial charge in [0, 0.05) is 18.7 Å². The number of carbonyl (C=O) groups is 2. The van der Waals surface area contributed by atoms with Gasteiger partial charge in [0.25, 0.3) is 0 Å². The van der Waals surface area contributed by atoms with Gasteiger partial charge in [-0.2, -0.15) is 4.31 Å². The van der Waals surface area contributed by atoms with Gasteiger partial charge in [-0.15, -0.1) is 0 Å². The molecule has 0 aromatic heterocycles. The SMILES string of the molecule is CC(=O)c1ccc(OC(=O)c2ccc(S(=O)(=O)N3CCC(C)CC3)cc2)cc1. The van der Waals surface area contributed by atoms with E-state index in [1.165, 1.54) is 35.5 Å². The number of nitrogens with zero attached hydrogens (tertiary/aromatic N) is 1. The van der Waals surface area contributed by atoms with Crippen LogP contribution in [-0.2, 0) is 10.0 Å². The minimum Gasteiger partial charge on any atom is -0.423 e. The summed E-state index contributed by atoms with van der Waals surface area (Å²) in [4.78, 5) is 23.7. The van der Waals surface area contributed by atoms with Crippen molar-refractivity contribution < 1.29 is 22.7 Å². The van der Waals surface area contributed by atoms with Gasteiger partial charge < -0.3 is 4.74 Å². The second-order valence-corrected chi connectivity index (χ2v) is 9.02. The molecule has 0 unspecified atom stereocenters. The standard InChI is InChI=1S/C21H23NO5S/c1-15-11-13-22(14-12-15)28(25,26)20-9-5-18(6-10-20)21(24)27-19-7-3-17(4-8-19)16(2)23/h3-10,15H,11-14H2,1-2H3. The molecule has 6 nitrogen and oxygen atoms in total. The van der Waals surface area contributed by atoms with Crippen molar-refractivity contribution in [2.75, 3.05) is 13.1 Å². The van der Waals surface area contributed by atoms with Gasteiger partial charge in [-0.25, -0.2) is 13.2 Å². The highest BCUT2D eigenvalue weighted by molar-refractivity contribution is 7.89. The van der Waals surface area contributed by atoms with Gasteiger partial charge in [0.15, 0.2) is 5.78 Å². The number of hydrogen-bond donors (Lipinski definition) is 0. The summed E-state index contributed by atoms with van der Waals surface area (Å²) < 4.78 is 32.2. The molecule has 0 aliphatic carbocycles. The first-order valence-electron chi connectivity index (χ1n) is 9.21. The molecule has 1 aliphatic heterocycles. The summed E-state index contributed by atoms with van der Waals surface area (Å²) in [5.74, 6) is 0.186. The fraction of sp³-hybridized carbons (Fsp3) is 0.333. The molecule has 0 spiro atoms. The average molecular weight is 401 g/mol. The van der Waals surface area contributed by atoms with Crippen molar-refractivity contribution in [3.05, 3.63) is 59.7 Å². The van der Waals surface area contributed by atoms with Crippen molar-refractivity contribution in [1.29, 1.82) is 0 Å². The van der Waals surface area contributed by atoms with E-state index in [1.807, 2.05) is 0 Å². The molecule has 1 fully saturated rings. The molecular formula is C21H23NO5S. The van der Waals surface area contributed by atoms with E-state index in [0.29, 0.717) is 30.3 Å². The van der Waals surface area contributed by atoms with E-state index < -0.39 is 16.0 Å². The molecule has 1 saturated heterocycles. The highest BCUT2D eigenvalue weighted by atomic mass is 32.2. The van der Waals surface area contributed by atoms with Crippen LogP contribution in [0.15, 0.2) is 53.4 Å². The molecule has 148 valence electrons. The quantitative estimate of drug-likeness (QED) is 0.435. The van der Waals surface area contributed by atoms with Crippen LogP contribution in [0.5, 0.6) is 5.75 Å². The van der Waals surface area contributed by atoms with E-state index in [4.69, 9.17) is 4.74 Å². The van der Waals surface area contributed by atoms with E-state index >= 15 is 0 Å². The summed E-state index contributed by atoms with van der Waals surface area (Å²) in [5.41, 5.74) is 0.781. The Hall–Kier alpha value is -2.51. The fourth-order valence-corrected chi connectivity index (χ4v) is 4.53. The number of carbonyl (C=O) groups excluding carboxylic acids is 2. The first-order valence-corrected chi connectivity index (χ1v) is 10.6. The highest BCUT2D eigenvalue weighted by Gasteiger charge is 2.28. The van der Waals surface area contributed by atoms with Crippen LogP contribution in [0.3, 0.4) is 0 Å². The third kappa shape index (κ3) is 4.48. The summed E-state index contributed by atoms with van der Waals surface area (Å²) >= 11 is 0. The molecule has 0 saturated carbocycles. The number of ketones is 1. The van der Waals surface area contributed by atoms with Crippen LogP contribution < -0.4 is 4.74 Å². The smallest absolute Gasteiger partial charge is 0.343 e. The topological polar surface area (TPSA) is 80.8 Å². The Morgan fingerprint density at radius 2 is 1.46 bits per heavy atom. The molecule has 0 N–H and O–H groups in total. The lowest BCUT2D eigenvalue weighted by Crippen LogP contribution is -2.37. The number of ether oxygens (including phenoxy) is 1. The average Bonchev–Trinajstić information content (AvgIpc) is 2.69. The van der Waals surface area contributed by atoms with Crippen LogP contribution in [0, 0.1) is 5.92 Å². The Kier molecular flexibility index (Phi) is 5.96. The van der Waals surface area contributed by atoms with E-state index in [0.717, 1.165) is 12.8 Å². The van der Waals surface area contributed by atoms with Gasteiger partial charge in [-0.1, -0.05) is 6.92 Å². The molecule has 2 aromatic rings. The second-order valence-electron chi connectivity index (χ2n) is 7.08. The van der Waals surface area contributed by atoms with E-state index in [1.54, 1.807) is 24.3 Å². The zero-order valence-electron chi connectivity index (χ0n) is 15.9. The highest BCUT2D eigenvalue weighted by Crippen LogP contribution is 2.24. The molecule has 1 heterocycles. The maximum absolute atomic E-state index is 12.7. The zero-order valence-corrected chi connectivity index (χ0v) is 16.7. The van der Waals surface area contributed by atoms with E-state index in [2.05, 4.69) is 6.92 Å². The summed E-state index contributed by atoms with van der Waals surface area (Å²) in [6, 6.07) is 12.0. The maximum atomic E-state index is 12.7. The third-order valence-electron chi connectivity index (χ3n) is 4.94. The van der Waals surface area contributed by atoms with Crippen molar-refractivity contribution in [2.24, 2.45) is 5.92 Å². The predicted molar refractivity (Wildman–Crippen MR) is 105 cm³/mol. The van der Waals surface area contributed by atoms with Crippen molar-refractivity contribution in [1.82, 2.24) is 4.31 Å². The number of esters is 1. The molecule has 0 amide bonds. The van der Waals surface area contributed by atoms with Crippen LogP contribution in [0.1, 0.15) is 47.4 Å². The van der Waals surface area contributed by atoms with Crippen molar-refractivity contribution in [3.8, 4) is 5.75 Å². The number of piperidine rings is 1. The largest absolute Gasteiger partial charge is 0.423 e. The zero-order chi connectivity index (χ0) is 20.3. The van der Waals surface area contributed by atoms with Gasteiger partial charge in [0.1, 0.15) is 5.75 Å². The number of hydrogen-bond acceptors (Lipinski definition) is 5. The van der Waals surface area contributed by atoms with Crippen LogP contribution >= 0.6 is 0 Å². The summed E-state index contributed by atoms with van der Waals surface area (Å²) in [6.45, 7) is 4.62. The number of sulfonamides is 1. The molecule has 7 heteroatoms. The summed E-state index contributed by atoms with van der Waals surface area (Å²) in [5, 5.41) is 0. The Balaban J connectivity index is 1.69. The van der Waals surface area contributed by atoms with E-state index in [9.17, 15) is 18.0 Å². The molecular weight excluding hydrogens is 378 g/mol. The summed E-state index contributed by atoms with van der Waals surface area (Å²) in [7, 11) is -3.55. The van der Waals surface area contributed by atoms with Crippen molar-refractivity contribution in [2.45, 2.75) is 31.6 Å². The molecule has 0 radical (unpaired) electrons.